The highest BCUT2D eigenvalue weighted by atomic mass is 35.5. The standard InChI is InChI=1S/C25H26ClN3O/c1-2-8-19(30)15-24-27-23-13-14-29(16-18-9-4-3-5-10-18)17-21(23)25(28-24)20-11-6-7-12-22(20)26/h3-7,9-12H,2,8,13-17H2,1H3. The Morgan fingerprint density at radius 3 is 2.60 bits per heavy atom. The predicted octanol–water partition coefficient (Wildman–Crippen LogP) is 5.27. The van der Waals surface area contributed by atoms with Crippen LogP contribution in [-0.2, 0) is 30.7 Å². The topological polar surface area (TPSA) is 46.1 Å². The molecule has 0 fully saturated rings. The highest BCUT2D eigenvalue weighted by molar-refractivity contribution is 6.33. The maximum atomic E-state index is 12.2. The van der Waals surface area contributed by atoms with Gasteiger partial charge in [-0.25, -0.2) is 9.97 Å². The van der Waals surface area contributed by atoms with Gasteiger partial charge in [0, 0.05) is 48.6 Å². The Morgan fingerprint density at radius 2 is 1.83 bits per heavy atom. The van der Waals surface area contributed by atoms with E-state index in [9.17, 15) is 4.79 Å². The highest BCUT2D eigenvalue weighted by Crippen LogP contribution is 2.33. The maximum absolute atomic E-state index is 12.2. The summed E-state index contributed by atoms with van der Waals surface area (Å²) in [4.78, 5) is 24.3. The van der Waals surface area contributed by atoms with Crippen molar-refractivity contribution in [2.24, 2.45) is 0 Å². The lowest BCUT2D eigenvalue weighted by molar-refractivity contribution is -0.118. The van der Waals surface area contributed by atoms with Crippen LogP contribution in [0.2, 0.25) is 5.02 Å². The van der Waals surface area contributed by atoms with Gasteiger partial charge in [-0.3, -0.25) is 9.69 Å². The normalized spacial score (nSPS) is 13.8. The molecule has 1 aromatic heterocycles. The van der Waals surface area contributed by atoms with E-state index in [-0.39, 0.29) is 12.2 Å². The first-order valence-electron chi connectivity index (χ1n) is 10.6. The second-order valence-corrected chi connectivity index (χ2v) is 8.21. The highest BCUT2D eigenvalue weighted by Gasteiger charge is 2.24. The summed E-state index contributed by atoms with van der Waals surface area (Å²) in [6.07, 6.45) is 2.53. The number of hydrogen-bond acceptors (Lipinski definition) is 4. The molecule has 3 aromatic rings. The zero-order valence-electron chi connectivity index (χ0n) is 17.3. The summed E-state index contributed by atoms with van der Waals surface area (Å²) in [6.45, 7) is 4.61. The monoisotopic (exact) mass is 419 g/mol. The number of benzene rings is 2. The number of aromatic nitrogens is 2. The fourth-order valence-corrected chi connectivity index (χ4v) is 4.22. The summed E-state index contributed by atoms with van der Waals surface area (Å²) in [5.41, 5.74) is 5.23. The first-order chi connectivity index (χ1) is 14.6. The van der Waals surface area contributed by atoms with Gasteiger partial charge in [0.15, 0.2) is 0 Å². The first kappa shape index (κ1) is 20.7. The molecule has 0 saturated carbocycles. The molecule has 0 spiro atoms. The Labute approximate surface area is 182 Å². The number of halogens is 1. The summed E-state index contributed by atoms with van der Waals surface area (Å²) in [7, 11) is 0. The van der Waals surface area contributed by atoms with Gasteiger partial charge in [0.1, 0.15) is 11.6 Å². The molecule has 4 rings (SSSR count). The van der Waals surface area contributed by atoms with Crippen molar-refractivity contribution in [3.05, 3.63) is 82.3 Å². The van der Waals surface area contributed by atoms with E-state index in [1.807, 2.05) is 37.3 Å². The molecule has 0 radical (unpaired) electrons. The second-order valence-electron chi connectivity index (χ2n) is 7.81. The summed E-state index contributed by atoms with van der Waals surface area (Å²) in [5.74, 6) is 0.794. The third kappa shape index (κ3) is 4.77. The van der Waals surface area contributed by atoms with Crippen molar-refractivity contribution in [3.8, 4) is 11.3 Å². The summed E-state index contributed by atoms with van der Waals surface area (Å²) in [5, 5.41) is 0.671. The van der Waals surface area contributed by atoms with Crippen molar-refractivity contribution >= 4 is 17.4 Å². The molecule has 0 bridgehead atoms. The molecular formula is C25H26ClN3O. The van der Waals surface area contributed by atoms with Crippen molar-refractivity contribution in [1.29, 1.82) is 0 Å². The van der Waals surface area contributed by atoms with Crippen LogP contribution >= 0.6 is 11.6 Å². The van der Waals surface area contributed by atoms with Gasteiger partial charge in [-0.2, -0.15) is 0 Å². The van der Waals surface area contributed by atoms with Crippen molar-refractivity contribution < 1.29 is 4.79 Å². The van der Waals surface area contributed by atoms with Crippen molar-refractivity contribution in [2.75, 3.05) is 6.54 Å². The van der Waals surface area contributed by atoms with Gasteiger partial charge in [-0.1, -0.05) is 67.1 Å². The SMILES string of the molecule is CCCC(=O)Cc1nc2c(c(-c3ccccc3Cl)n1)CN(Cc1ccccc1)CC2. The van der Waals surface area contributed by atoms with E-state index < -0.39 is 0 Å². The molecule has 1 aliphatic rings. The lowest BCUT2D eigenvalue weighted by Crippen LogP contribution is -2.32. The van der Waals surface area contributed by atoms with E-state index in [1.54, 1.807) is 0 Å². The van der Waals surface area contributed by atoms with Crippen LogP contribution in [0.3, 0.4) is 0 Å². The zero-order chi connectivity index (χ0) is 20.9. The number of carbonyl (C=O) groups is 1. The molecule has 5 heteroatoms. The third-order valence-electron chi connectivity index (χ3n) is 5.45. The number of Topliss-reactive ketones (excluding diaryl/α,β-unsaturated/α-hetero) is 1. The molecule has 0 saturated heterocycles. The molecule has 2 heterocycles. The zero-order valence-corrected chi connectivity index (χ0v) is 18.0. The van der Waals surface area contributed by atoms with E-state index in [0.29, 0.717) is 17.3 Å². The molecule has 0 amide bonds. The molecule has 4 nitrogen and oxygen atoms in total. The lowest BCUT2D eigenvalue weighted by Gasteiger charge is -2.30. The molecule has 0 aliphatic carbocycles. The number of hydrogen-bond donors (Lipinski definition) is 0. The Balaban J connectivity index is 1.69. The van der Waals surface area contributed by atoms with Crippen LogP contribution in [0, 0.1) is 0 Å². The van der Waals surface area contributed by atoms with E-state index >= 15 is 0 Å². The van der Waals surface area contributed by atoms with Crippen LogP contribution in [0.25, 0.3) is 11.3 Å². The fraction of sp³-hybridized carbons (Fsp3) is 0.320. The fourth-order valence-electron chi connectivity index (χ4n) is 4.00. The van der Waals surface area contributed by atoms with Gasteiger partial charge in [0.25, 0.3) is 0 Å². The minimum absolute atomic E-state index is 0.184. The largest absolute Gasteiger partial charge is 0.299 e. The summed E-state index contributed by atoms with van der Waals surface area (Å²) >= 11 is 6.53. The van der Waals surface area contributed by atoms with E-state index in [0.717, 1.165) is 55.0 Å². The van der Waals surface area contributed by atoms with E-state index in [4.69, 9.17) is 21.6 Å². The first-order valence-corrected chi connectivity index (χ1v) is 10.9. The van der Waals surface area contributed by atoms with Crippen LogP contribution in [-0.4, -0.2) is 27.2 Å². The maximum Gasteiger partial charge on any atom is 0.140 e. The minimum atomic E-state index is 0.184. The second kappa shape index (κ2) is 9.50. The average molecular weight is 420 g/mol. The molecule has 0 atom stereocenters. The summed E-state index contributed by atoms with van der Waals surface area (Å²) in [6, 6.07) is 18.3. The van der Waals surface area contributed by atoms with E-state index in [1.165, 1.54) is 5.56 Å². The number of ketones is 1. The van der Waals surface area contributed by atoms with Crippen LogP contribution < -0.4 is 0 Å². The van der Waals surface area contributed by atoms with Gasteiger partial charge < -0.3 is 0 Å². The van der Waals surface area contributed by atoms with Crippen LogP contribution in [0.1, 0.15) is 42.4 Å². The Morgan fingerprint density at radius 1 is 1.07 bits per heavy atom. The molecule has 1 aliphatic heterocycles. The molecule has 0 N–H and O–H groups in total. The molecular weight excluding hydrogens is 394 g/mol. The number of nitrogens with zero attached hydrogens (tertiary/aromatic N) is 3. The van der Waals surface area contributed by atoms with Gasteiger partial charge >= 0.3 is 0 Å². The number of rotatable bonds is 7. The smallest absolute Gasteiger partial charge is 0.140 e. The Bertz CT molecular complexity index is 1040. The molecule has 154 valence electrons. The Kier molecular flexibility index (Phi) is 6.56. The number of carbonyl (C=O) groups excluding carboxylic acids is 1. The van der Waals surface area contributed by atoms with Gasteiger partial charge in [-0.15, -0.1) is 0 Å². The van der Waals surface area contributed by atoms with E-state index in [2.05, 4.69) is 29.2 Å². The van der Waals surface area contributed by atoms with Crippen molar-refractivity contribution in [1.82, 2.24) is 14.9 Å². The van der Waals surface area contributed by atoms with Crippen molar-refractivity contribution in [2.45, 2.75) is 45.7 Å². The summed E-state index contributed by atoms with van der Waals surface area (Å²) < 4.78 is 0. The van der Waals surface area contributed by atoms with Gasteiger partial charge in [-0.05, 0) is 18.1 Å². The van der Waals surface area contributed by atoms with Gasteiger partial charge in [0.05, 0.1) is 17.8 Å². The molecule has 2 aromatic carbocycles. The number of fused-ring (bicyclic) bond motifs is 1. The molecule has 0 unspecified atom stereocenters. The minimum Gasteiger partial charge on any atom is -0.299 e. The average Bonchev–Trinajstić information content (AvgIpc) is 2.75. The quantitative estimate of drug-likeness (QED) is 0.523. The van der Waals surface area contributed by atoms with Crippen LogP contribution in [0.4, 0.5) is 0 Å². The van der Waals surface area contributed by atoms with Crippen molar-refractivity contribution in [3.63, 3.8) is 0 Å². The van der Waals surface area contributed by atoms with Crippen LogP contribution in [0.5, 0.6) is 0 Å². The van der Waals surface area contributed by atoms with Crippen LogP contribution in [0.15, 0.2) is 54.6 Å². The Hall–Kier alpha value is -2.56. The molecule has 30 heavy (non-hydrogen) atoms. The predicted molar refractivity (Wildman–Crippen MR) is 120 cm³/mol. The lowest BCUT2D eigenvalue weighted by atomic mass is 9.98. The third-order valence-corrected chi connectivity index (χ3v) is 5.78. The van der Waals surface area contributed by atoms with Gasteiger partial charge in [0.2, 0.25) is 0 Å².